The molecule has 5 nitrogen and oxygen atoms in total. The Hall–Kier alpha value is -1.86. The number of rotatable bonds is 8. The first-order valence-electron chi connectivity index (χ1n) is 8.51. The molecule has 0 heterocycles. The smallest absolute Gasteiger partial charge is 0.303 e. The van der Waals surface area contributed by atoms with Gasteiger partial charge < -0.3 is 15.2 Å². The summed E-state index contributed by atoms with van der Waals surface area (Å²) in [6, 6.07) is 9.55. The highest BCUT2D eigenvalue weighted by Crippen LogP contribution is 2.35. The van der Waals surface area contributed by atoms with Gasteiger partial charge in [-0.1, -0.05) is 13.0 Å². The SMILES string of the molecule is CCC(=O)Nc1cc(C)cc(COc2c(Br)cc(CCC(=O)O)cc2Br)c1. The predicted octanol–water partition coefficient (Wildman–Crippen LogP) is 5.46. The number of carboxylic acids is 1. The van der Waals surface area contributed by atoms with Gasteiger partial charge in [-0.05, 0) is 86.2 Å². The number of halogens is 2. The summed E-state index contributed by atoms with van der Waals surface area (Å²) < 4.78 is 7.46. The summed E-state index contributed by atoms with van der Waals surface area (Å²) in [4.78, 5) is 22.3. The van der Waals surface area contributed by atoms with E-state index in [4.69, 9.17) is 9.84 Å². The number of carboxylic acid groups (broad SMARTS) is 1. The average Bonchev–Trinajstić information content (AvgIpc) is 2.58. The lowest BCUT2D eigenvalue weighted by Crippen LogP contribution is -2.10. The third-order valence-corrected chi connectivity index (χ3v) is 4.99. The van der Waals surface area contributed by atoms with Gasteiger partial charge >= 0.3 is 5.97 Å². The molecule has 0 aliphatic heterocycles. The fourth-order valence-electron chi connectivity index (χ4n) is 2.57. The molecule has 27 heavy (non-hydrogen) atoms. The lowest BCUT2D eigenvalue weighted by Gasteiger charge is -2.14. The lowest BCUT2D eigenvalue weighted by molar-refractivity contribution is -0.137. The van der Waals surface area contributed by atoms with Crippen molar-refractivity contribution < 1.29 is 19.4 Å². The minimum atomic E-state index is -0.826. The average molecular weight is 499 g/mol. The van der Waals surface area contributed by atoms with Gasteiger partial charge in [0.2, 0.25) is 5.91 Å². The maximum Gasteiger partial charge on any atom is 0.303 e. The number of hydrogen-bond acceptors (Lipinski definition) is 3. The van der Waals surface area contributed by atoms with Gasteiger partial charge in [0, 0.05) is 18.5 Å². The molecule has 2 rings (SSSR count). The van der Waals surface area contributed by atoms with Gasteiger partial charge in [0.05, 0.1) is 8.95 Å². The molecule has 0 fully saturated rings. The number of hydrogen-bond donors (Lipinski definition) is 2. The largest absolute Gasteiger partial charge is 0.487 e. The van der Waals surface area contributed by atoms with Crippen LogP contribution in [0.2, 0.25) is 0 Å². The van der Waals surface area contributed by atoms with Crippen LogP contribution in [-0.4, -0.2) is 17.0 Å². The summed E-state index contributed by atoms with van der Waals surface area (Å²) in [5, 5.41) is 11.7. The number of aryl methyl sites for hydroxylation is 2. The Morgan fingerprint density at radius 2 is 1.74 bits per heavy atom. The maximum absolute atomic E-state index is 11.6. The van der Waals surface area contributed by atoms with Crippen LogP contribution in [0.4, 0.5) is 5.69 Å². The van der Waals surface area contributed by atoms with Crippen molar-refractivity contribution in [2.75, 3.05) is 5.32 Å². The standard InChI is InChI=1S/C20H21Br2NO4/c1-3-18(24)23-15-7-12(2)6-14(8-15)11-27-20-16(21)9-13(10-17(20)22)4-5-19(25)26/h6-10H,3-5,11H2,1-2H3,(H,23,24)(H,25,26). The first-order chi connectivity index (χ1) is 12.8. The molecule has 1 amide bonds. The molecule has 0 unspecified atom stereocenters. The molecule has 0 radical (unpaired) electrons. The number of benzene rings is 2. The molecule has 0 aromatic heterocycles. The second-order valence-electron chi connectivity index (χ2n) is 6.18. The molecule has 0 aliphatic rings. The maximum atomic E-state index is 11.6. The predicted molar refractivity (Wildman–Crippen MR) is 112 cm³/mol. The van der Waals surface area contributed by atoms with E-state index >= 15 is 0 Å². The van der Waals surface area contributed by atoms with Crippen LogP contribution in [0.15, 0.2) is 39.3 Å². The number of carbonyl (C=O) groups excluding carboxylic acids is 1. The summed E-state index contributed by atoms with van der Waals surface area (Å²) in [6.45, 7) is 4.11. The van der Waals surface area contributed by atoms with E-state index in [1.807, 2.05) is 44.2 Å². The number of carbonyl (C=O) groups is 2. The van der Waals surface area contributed by atoms with Crippen LogP contribution in [0.3, 0.4) is 0 Å². The minimum absolute atomic E-state index is 0.0325. The quantitative estimate of drug-likeness (QED) is 0.506. The van der Waals surface area contributed by atoms with Crippen LogP contribution in [0, 0.1) is 6.92 Å². The first kappa shape index (κ1) is 21.4. The molecular weight excluding hydrogens is 478 g/mol. The number of anilines is 1. The van der Waals surface area contributed by atoms with E-state index in [2.05, 4.69) is 37.2 Å². The van der Waals surface area contributed by atoms with Crippen molar-refractivity contribution >= 4 is 49.4 Å². The van der Waals surface area contributed by atoms with Crippen molar-refractivity contribution in [1.29, 1.82) is 0 Å². The second kappa shape index (κ2) is 9.90. The summed E-state index contributed by atoms with van der Waals surface area (Å²) >= 11 is 6.98. The number of amides is 1. The molecule has 2 aromatic carbocycles. The van der Waals surface area contributed by atoms with Crippen molar-refractivity contribution in [3.8, 4) is 5.75 Å². The molecule has 0 saturated heterocycles. The molecule has 7 heteroatoms. The Morgan fingerprint density at radius 3 is 2.33 bits per heavy atom. The van der Waals surface area contributed by atoms with Gasteiger partial charge in [-0.25, -0.2) is 0 Å². The summed E-state index contributed by atoms with van der Waals surface area (Å²) in [6.07, 6.45) is 0.952. The van der Waals surface area contributed by atoms with Gasteiger partial charge in [-0.2, -0.15) is 0 Å². The molecule has 0 saturated carbocycles. The van der Waals surface area contributed by atoms with E-state index < -0.39 is 5.97 Å². The molecule has 0 atom stereocenters. The van der Waals surface area contributed by atoms with Crippen molar-refractivity contribution in [1.82, 2.24) is 0 Å². The molecule has 0 bridgehead atoms. The third kappa shape index (κ3) is 6.66. The van der Waals surface area contributed by atoms with E-state index in [0.717, 1.165) is 31.3 Å². The van der Waals surface area contributed by atoms with Gasteiger partial charge in [0.15, 0.2) is 0 Å². The lowest BCUT2D eigenvalue weighted by atomic mass is 10.1. The zero-order valence-corrected chi connectivity index (χ0v) is 18.3. The van der Waals surface area contributed by atoms with Crippen LogP contribution in [0.1, 0.15) is 36.5 Å². The normalized spacial score (nSPS) is 10.5. The van der Waals surface area contributed by atoms with Crippen molar-refractivity contribution in [3.05, 3.63) is 56.0 Å². The fraction of sp³-hybridized carbons (Fsp3) is 0.300. The monoisotopic (exact) mass is 497 g/mol. The van der Waals surface area contributed by atoms with Gasteiger partial charge in [-0.3, -0.25) is 9.59 Å². The number of ether oxygens (including phenoxy) is 1. The zero-order chi connectivity index (χ0) is 20.0. The molecule has 2 N–H and O–H groups in total. The number of aliphatic carboxylic acids is 1. The van der Waals surface area contributed by atoms with Gasteiger partial charge in [0.25, 0.3) is 0 Å². The second-order valence-corrected chi connectivity index (χ2v) is 7.89. The zero-order valence-electron chi connectivity index (χ0n) is 15.1. The van der Waals surface area contributed by atoms with Crippen molar-refractivity contribution in [2.45, 2.75) is 39.7 Å². The van der Waals surface area contributed by atoms with E-state index in [9.17, 15) is 9.59 Å². The fourth-order valence-corrected chi connectivity index (χ4v) is 4.08. The van der Waals surface area contributed by atoms with E-state index in [-0.39, 0.29) is 12.3 Å². The van der Waals surface area contributed by atoms with Gasteiger partial charge in [0.1, 0.15) is 12.4 Å². The van der Waals surface area contributed by atoms with Crippen LogP contribution >= 0.6 is 31.9 Å². The Labute approximate surface area is 175 Å². The Kier molecular flexibility index (Phi) is 7.86. The summed E-state index contributed by atoms with van der Waals surface area (Å²) in [5.74, 6) is -0.211. The van der Waals surface area contributed by atoms with E-state index in [1.54, 1.807) is 0 Å². The van der Waals surface area contributed by atoms with Crippen LogP contribution < -0.4 is 10.1 Å². The molecule has 2 aromatic rings. The highest BCUT2D eigenvalue weighted by atomic mass is 79.9. The highest BCUT2D eigenvalue weighted by Gasteiger charge is 2.11. The Bertz CT molecular complexity index is 829. The summed E-state index contributed by atoms with van der Waals surface area (Å²) in [7, 11) is 0. The van der Waals surface area contributed by atoms with Crippen LogP contribution in [-0.2, 0) is 22.6 Å². The Balaban J connectivity index is 2.12. The van der Waals surface area contributed by atoms with E-state index in [0.29, 0.717) is 25.2 Å². The molecular formula is C20H21Br2NO4. The molecule has 144 valence electrons. The van der Waals surface area contributed by atoms with E-state index in [1.165, 1.54) is 0 Å². The number of nitrogens with one attached hydrogen (secondary N) is 1. The van der Waals surface area contributed by atoms with Crippen molar-refractivity contribution in [3.63, 3.8) is 0 Å². The van der Waals surface area contributed by atoms with Gasteiger partial charge in [-0.15, -0.1) is 0 Å². The Morgan fingerprint density at radius 1 is 1.07 bits per heavy atom. The highest BCUT2D eigenvalue weighted by molar-refractivity contribution is 9.11. The molecule has 0 spiro atoms. The van der Waals surface area contributed by atoms with Crippen molar-refractivity contribution in [2.24, 2.45) is 0 Å². The first-order valence-corrected chi connectivity index (χ1v) is 10.1. The topological polar surface area (TPSA) is 75.6 Å². The molecule has 0 aliphatic carbocycles. The van der Waals surface area contributed by atoms with Crippen LogP contribution in [0.5, 0.6) is 5.75 Å². The third-order valence-electron chi connectivity index (χ3n) is 3.81. The summed E-state index contributed by atoms with van der Waals surface area (Å²) in [5.41, 5.74) is 3.63. The van der Waals surface area contributed by atoms with Crippen LogP contribution in [0.25, 0.3) is 0 Å². The minimum Gasteiger partial charge on any atom is -0.487 e.